The van der Waals surface area contributed by atoms with Gasteiger partial charge in [-0.25, -0.2) is 4.79 Å². The SMILES string of the molecule is CCCCn1cc([C@@H]2O[C@H](CC)C(O)[C@@H]2O)c(=O)[nH]c1=O. The molecule has 0 amide bonds. The quantitative estimate of drug-likeness (QED) is 0.704. The molecule has 21 heavy (non-hydrogen) atoms. The number of unbranched alkanes of at least 4 members (excludes halogenated alkanes) is 1. The van der Waals surface area contributed by atoms with E-state index in [1.807, 2.05) is 13.8 Å². The van der Waals surface area contributed by atoms with E-state index in [4.69, 9.17) is 4.74 Å². The Kier molecular flexibility index (Phi) is 4.97. The van der Waals surface area contributed by atoms with Crippen molar-refractivity contribution in [2.75, 3.05) is 0 Å². The lowest BCUT2D eigenvalue weighted by atomic mass is 10.0. The summed E-state index contributed by atoms with van der Waals surface area (Å²) in [6.07, 6.45) is 0.0448. The van der Waals surface area contributed by atoms with E-state index in [0.717, 1.165) is 12.8 Å². The Hall–Kier alpha value is -1.44. The molecule has 0 bridgehead atoms. The molecule has 0 radical (unpaired) electrons. The van der Waals surface area contributed by atoms with Gasteiger partial charge in [-0.1, -0.05) is 20.3 Å². The van der Waals surface area contributed by atoms with Gasteiger partial charge in [0.15, 0.2) is 0 Å². The number of nitrogens with zero attached hydrogens (tertiary/aromatic N) is 1. The number of aromatic amines is 1. The summed E-state index contributed by atoms with van der Waals surface area (Å²) in [5.74, 6) is 0. The molecule has 3 N–H and O–H groups in total. The summed E-state index contributed by atoms with van der Waals surface area (Å²) in [6, 6.07) is 0. The first-order chi connectivity index (χ1) is 9.99. The first-order valence-electron chi connectivity index (χ1n) is 7.34. The van der Waals surface area contributed by atoms with E-state index in [1.54, 1.807) is 0 Å². The Balaban J connectivity index is 2.35. The molecule has 1 unspecified atom stereocenters. The first-order valence-corrected chi connectivity index (χ1v) is 7.34. The molecule has 1 aliphatic rings. The van der Waals surface area contributed by atoms with Crippen molar-refractivity contribution in [3.63, 3.8) is 0 Å². The van der Waals surface area contributed by atoms with Gasteiger partial charge < -0.3 is 19.5 Å². The number of ether oxygens (including phenoxy) is 1. The summed E-state index contributed by atoms with van der Waals surface area (Å²) in [5, 5.41) is 19.9. The van der Waals surface area contributed by atoms with Crippen LogP contribution in [0.2, 0.25) is 0 Å². The Morgan fingerprint density at radius 2 is 2.00 bits per heavy atom. The molecule has 1 fully saturated rings. The van der Waals surface area contributed by atoms with E-state index in [9.17, 15) is 19.8 Å². The van der Waals surface area contributed by atoms with Crippen LogP contribution in [-0.2, 0) is 11.3 Å². The molecule has 1 saturated heterocycles. The van der Waals surface area contributed by atoms with Crippen LogP contribution in [0.15, 0.2) is 15.8 Å². The molecule has 0 spiro atoms. The summed E-state index contributed by atoms with van der Waals surface area (Å²) in [7, 11) is 0. The van der Waals surface area contributed by atoms with Crippen molar-refractivity contribution in [1.29, 1.82) is 0 Å². The van der Waals surface area contributed by atoms with Gasteiger partial charge in [0.2, 0.25) is 0 Å². The molecule has 4 atom stereocenters. The summed E-state index contributed by atoms with van der Waals surface area (Å²) >= 11 is 0. The van der Waals surface area contributed by atoms with Gasteiger partial charge in [-0.2, -0.15) is 0 Å². The molecule has 0 aromatic carbocycles. The van der Waals surface area contributed by atoms with Crippen molar-refractivity contribution in [3.05, 3.63) is 32.6 Å². The van der Waals surface area contributed by atoms with Crippen LogP contribution in [0, 0.1) is 0 Å². The lowest BCUT2D eigenvalue weighted by molar-refractivity contribution is 0.00449. The molecule has 7 nitrogen and oxygen atoms in total. The molecular weight excluding hydrogens is 276 g/mol. The molecule has 2 rings (SSSR count). The lowest BCUT2D eigenvalue weighted by Gasteiger charge is -2.15. The van der Waals surface area contributed by atoms with Crippen LogP contribution < -0.4 is 11.2 Å². The summed E-state index contributed by atoms with van der Waals surface area (Å²) < 4.78 is 6.97. The van der Waals surface area contributed by atoms with E-state index < -0.39 is 35.7 Å². The van der Waals surface area contributed by atoms with Gasteiger partial charge in [-0.15, -0.1) is 0 Å². The van der Waals surface area contributed by atoms with Crippen molar-refractivity contribution in [3.8, 4) is 0 Å². The maximum absolute atomic E-state index is 12.0. The number of nitrogens with one attached hydrogen (secondary N) is 1. The minimum Gasteiger partial charge on any atom is -0.388 e. The fourth-order valence-corrected chi connectivity index (χ4v) is 2.57. The van der Waals surface area contributed by atoms with Crippen LogP contribution in [0.5, 0.6) is 0 Å². The average Bonchev–Trinajstić information content (AvgIpc) is 2.74. The van der Waals surface area contributed by atoms with Crippen LogP contribution in [0.25, 0.3) is 0 Å². The Labute approximate surface area is 122 Å². The van der Waals surface area contributed by atoms with E-state index >= 15 is 0 Å². The van der Waals surface area contributed by atoms with Crippen LogP contribution in [-0.4, -0.2) is 38.1 Å². The van der Waals surface area contributed by atoms with Crippen LogP contribution >= 0.6 is 0 Å². The highest BCUT2D eigenvalue weighted by molar-refractivity contribution is 5.14. The number of aliphatic hydroxyl groups excluding tert-OH is 2. The van der Waals surface area contributed by atoms with Crippen molar-refractivity contribution >= 4 is 0 Å². The number of hydrogen-bond donors (Lipinski definition) is 3. The van der Waals surface area contributed by atoms with Crippen LogP contribution in [0.1, 0.15) is 44.8 Å². The van der Waals surface area contributed by atoms with E-state index in [-0.39, 0.29) is 5.56 Å². The van der Waals surface area contributed by atoms with Crippen molar-refractivity contribution in [2.45, 2.75) is 64.1 Å². The maximum Gasteiger partial charge on any atom is 0.328 e. The highest BCUT2D eigenvalue weighted by Gasteiger charge is 2.43. The van der Waals surface area contributed by atoms with Crippen molar-refractivity contribution in [1.82, 2.24) is 9.55 Å². The monoisotopic (exact) mass is 298 g/mol. The molecule has 1 aromatic heterocycles. The molecule has 1 aliphatic heterocycles. The Morgan fingerprint density at radius 3 is 2.57 bits per heavy atom. The van der Waals surface area contributed by atoms with Gasteiger partial charge in [-0.05, 0) is 12.8 Å². The van der Waals surface area contributed by atoms with Crippen LogP contribution in [0.3, 0.4) is 0 Å². The number of H-pyrrole nitrogens is 1. The van der Waals surface area contributed by atoms with Crippen molar-refractivity contribution < 1.29 is 14.9 Å². The Morgan fingerprint density at radius 1 is 1.29 bits per heavy atom. The molecule has 1 aromatic rings. The maximum atomic E-state index is 12.0. The van der Waals surface area contributed by atoms with E-state index in [1.165, 1.54) is 10.8 Å². The van der Waals surface area contributed by atoms with E-state index in [2.05, 4.69) is 4.98 Å². The molecule has 0 aliphatic carbocycles. The summed E-state index contributed by atoms with van der Waals surface area (Å²) in [5.41, 5.74) is -0.883. The molecule has 2 heterocycles. The molecule has 118 valence electrons. The number of aromatic nitrogens is 2. The third-order valence-electron chi connectivity index (χ3n) is 3.86. The summed E-state index contributed by atoms with van der Waals surface area (Å²) in [4.78, 5) is 25.9. The molecular formula is C14H22N2O5. The third-order valence-corrected chi connectivity index (χ3v) is 3.86. The van der Waals surface area contributed by atoms with Gasteiger partial charge in [0, 0.05) is 12.7 Å². The second-order valence-corrected chi connectivity index (χ2v) is 5.38. The largest absolute Gasteiger partial charge is 0.388 e. The van der Waals surface area contributed by atoms with Gasteiger partial charge in [0.1, 0.15) is 18.3 Å². The predicted molar refractivity (Wildman–Crippen MR) is 76.1 cm³/mol. The predicted octanol–water partition coefficient (Wildman–Crippen LogP) is -0.0916. The normalized spacial score (nSPS) is 29.0. The van der Waals surface area contributed by atoms with Gasteiger partial charge in [0.05, 0.1) is 11.7 Å². The standard InChI is InChI=1S/C14H22N2O5/c1-3-5-6-16-7-8(13(19)15-14(16)20)12-11(18)10(17)9(4-2)21-12/h7,9-12,17-18H,3-6H2,1-2H3,(H,15,19,20)/t9-,10?,11+,12+/m1/s1. The topological polar surface area (TPSA) is 105 Å². The smallest absolute Gasteiger partial charge is 0.328 e. The average molecular weight is 298 g/mol. The zero-order valence-corrected chi connectivity index (χ0v) is 12.3. The third kappa shape index (κ3) is 3.09. The van der Waals surface area contributed by atoms with Crippen molar-refractivity contribution in [2.24, 2.45) is 0 Å². The van der Waals surface area contributed by atoms with Gasteiger partial charge in [-0.3, -0.25) is 9.78 Å². The highest BCUT2D eigenvalue weighted by Crippen LogP contribution is 2.32. The van der Waals surface area contributed by atoms with Gasteiger partial charge in [0.25, 0.3) is 5.56 Å². The van der Waals surface area contributed by atoms with Gasteiger partial charge >= 0.3 is 5.69 Å². The second kappa shape index (κ2) is 6.55. The number of rotatable bonds is 5. The first kappa shape index (κ1) is 15.9. The zero-order chi connectivity index (χ0) is 15.6. The lowest BCUT2D eigenvalue weighted by Crippen LogP contribution is -2.35. The highest BCUT2D eigenvalue weighted by atomic mass is 16.5. The minimum absolute atomic E-state index is 0.174. The Bertz CT molecular complexity index is 594. The summed E-state index contributed by atoms with van der Waals surface area (Å²) in [6.45, 7) is 4.32. The van der Waals surface area contributed by atoms with Crippen LogP contribution in [0.4, 0.5) is 0 Å². The molecule has 0 saturated carbocycles. The fourth-order valence-electron chi connectivity index (χ4n) is 2.57. The number of aliphatic hydroxyl groups is 2. The zero-order valence-electron chi connectivity index (χ0n) is 12.3. The second-order valence-electron chi connectivity index (χ2n) is 5.38. The number of aryl methyl sites for hydroxylation is 1. The van der Waals surface area contributed by atoms with E-state index in [0.29, 0.717) is 13.0 Å². The minimum atomic E-state index is -1.17. The fraction of sp³-hybridized carbons (Fsp3) is 0.714. The molecule has 7 heteroatoms. The number of hydrogen-bond acceptors (Lipinski definition) is 5.